The van der Waals surface area contributed by atoms with Crippen LogP contribution in [0.5, 0.6) is 0 Å². The quantitative estimate of drug-likeness (QED) is 0.572. The van der Waals surface area contributed by atoms with E-state index in [4.69, 9.17) is 14.5 Å². The van der Waals surface area contributed by atoms with Crippen molar-refractivity contribution in [1.29, 1.82) is 0 Å². The van der Waals surface area contributed by atoms with E-state index in [0.717, 1.165) is 71.0 Å². The summed E-state index contributed by atoms with van der Waals surface area (Å²) in [7, 11) is 0. The number of nitrogens with zero attached hydrogens (tertiary/aromatic N) is 2. The van der Waals surface area contributed by atoms with Gasteiger partial charge in [0, 0.05) is 32.8 Å². The molecular weight excluding hydrogens is 302 g/mol. The van der Waals surface area contributed by atoms with Gasteiger partial charge < -0.3 is 19.7 Å². The summed E-state index contributed by atoms with van der Waals surface area (Å²) in [5.41, 5.74) is 0. The molecule has 0 radical (unpaired) electrons. The first-order chi connectivity index (χ1) is 11.7. The maximum atomic E-state index is 6.11. The number of hydrogen-bond donors (Lipinski definition) is 1. The SMILES string of the molecule is CCNC(=NCCC(C)C)N1CCC(OCC2CCCCO2)CC1. The molecule has 2 aliphatic rings. The van der Waals surface area contributed by atoms with Crippen LogP contribution < -0.4 is 5.32 Å². The molecule has 0 bridgehead atoms. The van der Waals surface area contributed by atoms with Crippen molar-refractivity contribution in [3.63, 3.8) is 0 Å². The van der Waals surface area contributed by atoms with Crippen LogP contribution in [0, 0.1) is 5.92 Å². The standard InChI is InChI=1S/C19H37N3O2/c1-4-20-19(21-11-8-16(2)3)22-12-9-17(10-13-22)24-15-18-7-5-6-14-23-18/h16-18H,4-15H2,1-3H3,(H,20,21). The molecule has 2 heterocycles. The van der Waals surface area contributed by atoms with Crippen LogP contribution in [0.2, 0.25) is 0 Å². The van der Waals surface area contributed by atoms with E-state index in [0.29, 0.717) is 18.1 Å². The van der Waals surface area contributed by atoms with Gasteiger partial charge in [-0.2, -0.15) is 0 Å². The van der Waals surface area contributed by atoms with E-state index < -0.39 is 0 Å². The van der Waals surface area contributed by atoms with E-state index in [1.807, 2.05) is 0 Å². The molecule has 5 heteroatoms. The third-order valence-electron chi connectivity index (χ3n) is 4.84. The van der Waals surface area contributed by atoms with Gasteiger partial charge in [-0.1, -0.05) is 13.8 Å². The largest absolute Gasteiger partial charge is 0.376 e. The lowest BCUT2D eigenvalue weighted by Crippen LogP contribution is -2.47. The Hall–Kier alpha value is -0.810. The predicted octanol–water partition coefficient (Wildman–Crippen LogP) is 3.05. The highest BCUT2D eigenvalue weighted by atomic mass is 16.5. The third-order valence-corrected chi connectivity index (χ3v) is 4.84. The summed E-state index contributed by atoms with van der Waals surface area (Å²) in [4.78, 5) is 7.18. The van der Waals surface area contributed by atoms with Crippen molar-refractivity contribution >= 4 is 5.96 Å². The topological polar surface area (TPSA) is 46.1 Å². The minimum Gasteiger partial charge on any atom is -0.376 e. The Morgan fingerprint density at radius 2 is 2.04 bits per heavy atom. The summed E-state index contributed by atoms with van der Waals surface area (Å²) in [5.74, 6) is 1.78. The minimum absolute atomic E-state index is 0.326. The number of nitrogens with one attached hydrogen (secondary N) is 1. The number of hydrogen-bond acceptors (Lipinski definition) is 3. The van der Waals surface area contributed by atoms with Crippen molar-refractivity contribution in [3.05, 3.63) is 0 Å². The first kappa shape index (κ1) is 19.5. The van der Waals surface area contributed by atoms with E-state index in [9.17, 15) is 0 Å². The summed E-state index contributed by atoms with van der Waals surface area (Å²) in [6, 6.07) is 0. The van der Waals surface area contributed by atoms with Crippen LogP contribution in [0.15, 0.2) is 4.99 Å². The summed E-state index contributed by atoms with van der Waals surface area (Å²) >= 11 is 0. The molecule has 5 nitrogen and oxygen atoms in total. The van der Waals surface area contributed by atoms with Gasteiger partial charge in [0.25, 0.3) is 0 Å². The van der Waals surface area contributed by atoms with Crippen LogP contribution in [0.3, 0.4) is 0 Å². The molecule has 0 amide bonds. The van der Waals surface area contributed by atoms with Gasteiger partial charge in [-0.3, -0.25) is 4.99 Å². The van der Waals surface area contributed by atoms with Gasteiger partial charge in [0.15, 0.2) is 5.96 Å². The molecule has 0 aliphatic carbocycles. The van der Waals surface area contributed by atoms with Crippen LogP contribution in [0.4, 0.5) is 0 Å². The first-order valence-corrected chi connectivity index (χ1v) is 9.95. The van der Waals surface area contributed by atoms with Gasteiger partial charge in [0.2, 0.25) is 0 Å². The smallest absolute Gasteiger partial charge is 0.193 e. The van der Waals surface area contributed by atoms with Gasteiger partial charge >= 0.3 is 0 Å². The number of likely N-dealkylation sites (tertiary alicyclic amines) is 1. The van der Waals surface area contributed by atoms with Crippen molar-refractivity contribution in [3.8, 4) is 0 Å². The number of rotatable bonds is 7. The van der Waals surface area contributed by atoms with Gasteiger partial charge in [-0.25, -0.2) is 0 Å². The lowest BCUT2D eigenvalue weighted by atomic mass is 10.1. The van der Waals surface area contributed by atoms with Crippen LogP contribution in [0.1, 0.15) is 59.3 Å². The molecule has 140 valence electrons. The second-order valence-corrected chi connectivity index (χ2v) is 7.43. The Bertz CT molecular complexity index is 360. The number of piperidine rings is 1. The number of aliphatic imine (C=N–C) groups is 1. The monoisotopic (exact) mass is 339 g/mol. The van der Waals surface area contributed by atoms with Gasteiger partial charge in [0.1, 0.15) is 0 Å². The van der Waals surface area contributed by atoms with E-state index in [2.05, 4.69) is 31.0 Å². The number of guanidine groups is 1. The van der Waals surface area contributed by atoms with Crippen molar-refractivity contribution < 1.29 is 9.47 Å². The number of ether oxygens (including phenoxy) is 2. The summed E-state index contributed by atoms with van der Waals surface area (Å²) in [6.07, 6.45) is 7.67. The molecule has 1 unspecified atom stereocenters. The fraction of sp³-hybridized carbons (Fsp3) is 0.947. The molecular formula is C19H37N3O2. The maximum Gasteiger partial charge on any atom is 0.193 e. The normalized spacial score (nSPS) is 23.8. The maximum absolute atomic E-state index is 6.11. The zero-order valence-electron chi connectivity index (χ0n) is 15.9. The van der Waals surface area contributed by atoms with E-state index in [-0.39, 0.29) is 0 Å². The lowest BCUT2D eigenvalue weighted by molar-refractivity contribution is -0.0721. The molecule has 0 aromatic heterocycles. The zero-order valence-corrected chi connectivity index (χ0v) is 15.9. The van der Waals surface area contributed by atoms with Crippen LogP contribution in [0.25, 0.3) is 0 Å². The molecule has 2 saturated heterocycles. The molecule has 0 aromatic rings. The van der Waals surface area contributed by atoms with Crippen molar-refractivity contribution in [1.82, 2.24) is 10.2 Å². The Labute approximate surface area is 148 Å². The average Bonchev–Trinajstić information content (AvgIpc) is 2.60. The highest BCUT2D eigenvalue weighted by Crippen LogP contribution is 2.18. The molecule has 24 heavy (non-hydrogen) atoms. The first-order valence-electron chi connectivity index (χ1n) is 9.95. The van der Waals surface area contributed by atoms with Crippen LogP contribution in [-0.2, 0) is 9.47 Å². The third kappa shape index (κ3) is 6.98. The summed E-state index contributed by atoms with van der Waals surface area (Å²) in [6.45, 7) is 12.2. The fourth-order valence-electron chi connectivity index (χ4n) is 3.27. The van der Waals surface area contributed by atoms with E-state index >= 15 is 0 Å². The molecule has 2 aliphatic heterocycles. The van der Waals surface area contributed by atoms with Gasteiger partial charge in [-0.05, 0) is 51.4 Å². The van der Waals surface area contributed by atoms with Crippen molar-refractivity contribution in [2.45, 2.75) is 71.5 Å². The molecule has 0 spiro atoms. The molecule has 2 rings (SSSR count). The van der Waals surface area contributed by atoms with E-state index in [1.54, 1.807) is 0 Å². The Morgan fingerprint density at radius 3 is 2.67 bits per heavy atom. The lowest BCUT2D eigenvalue weighted by Gasteiger charge is -2.35. The van der Waals surface area contributed by atoms with Crippen molar-refractivity contribution in [2.24, 2.45) is 10.9 Å². The second kappa shape index (κ2) is 10.9. The summed E-state index contributed by atoms with van der Waals surface area (Å²) < 4.78 is 11.9. The predicted molar refractivity (Wildman–Crippen MR) is 99.6 cm³/mol. The molecule has 1 N–H and O–H groups in total. The molecule has 2 fully saturated rings. The molecule has 0 aromatic carbocycles. The van der Waals surface area contributed by atoms with Gasteiger partial charge in [-0.15, -0.1) is 0 Å². The van der Waals surface area contributed by atoms with Crippen LogP contribution in [-0.4, -0.2) is 62.5 Å². The molecule has 0 saturated carbocycles. The average molecular weight is 340 g/mol. The minimum atomic E-state index is 0.326. The van der Waals surface area contributed by atoms with Crippen molar-refractivity contribution in [2.75, 3.05) is 39.4 Å². The highest BCUT2D eigenvalue weighted by molar-refractivity contribution is 5.80. The Balaban J connectivity index is 1.70. The second-order valence-electron chi connectivity index (χ2n) is 7.43. The Morgan fingerprint density at radius 1 is 1.25 bits per heavy atom. The highest BCUT2D eigenvalue weighted by Gasteiger charge is 2.23. The zero-order chi connectivity index (χ0) is 17.2. The fourth-order valence-corrected chi connectivity index (χ4v) is 3.27. The Kier molecular flexibility index (Phi) is 8.89. The molecule has 1 atom stereocenters. The van der Waals surface area contributed by atoms with E-state index in [1.165, 1.54) is 12.8 Å². The van der Waals surface area contributed by atoms with Gasteiger partial charge in [0.05, 0.1) is 18.8 Å². The summed E-state index contributed by atoms with van der Waals surface area (Å²) in [5, 5.41) is 3.44. The van der Waals surface area contributed by atoms with Crippen LogP contribution >= 0.6 is 0 Å².